The molecule has 7 nitrogen and oxygen atoms in total. The van der Waals surface area contributed by atoms with E-state index in [1.54, 1.807) is 25.3 Å². The number of hydrogen-bond acceptors (Lipinski definition) is 5. The van der Waals surface area contributed by atoms with E-state index in [4.69, 9.17) is 9.47 Å². The van der Waals surface area contributed by atoms with Crippen molar-refractivity contribution in [1.82, 2.24) is 4.31 Å². The van der Waals surface area contributed by atoms with E-state index in [0.29, 0.717) is 17.2 Å². The van der Waals surface area contributed by atoms with Gasteiger partial charge in [0.05, 0.1) is 26.0 Å². The van der Waals surface area contributed by atoms with Gasteiger partial charge in [-0.15, -0.1) is 0 Å². The van der Waals surface area contributed by atoms with Crippen molar-refractivity contribution in [1.29, 1.82) is 0 Å². The molecule has 0 saturated heterocycles. The van der Waals surface area contributed by atoms with Gasteiger partial charge in [0.1, 0.15) is 0 Å². The predicted octanol–water partition coefficient (Wildman–Crippen LogP) is 1.85. The van der Waals surface area contributed by atoms with Gasteiger partial charge in [0.25, 0.3) is 0 Å². The predicted molar refractivity (Wildman–Crippen MR) is 92.0 cm³/mol. The highest BCUT2D eigenvalue weighted by Gasteiger charge is 2.19. The summed E-state index contributed by atoms with van der Waals surface area (Å²) in [5, 5.41) is 2.68. The number of ether oxygens (including phenoxy) is 2. The SMILES string of the molecule is COc1ccc(NC(=O)CN(C)S(C)(=O)=O)cc1OC1CCCC1. The highest BCUT2D eigenvalue weighted by molar-refractivity contribution is 7.88. The van der Waals surface area contributed by atoms with Gasteiger partial charge in [-0.1, -0.05) is 0 Å². The first-order valence-electron chi connectivity index (χ1n) is 7.85. The quantitative estimate of drug-likeness (QED) is 0.806. The number of anilines is 1. The Morgan fingerprint density at radius 2 is 1.96 bits per heavy atom. The number of benzene rings is 1. The molecule has 1 aliphatic carbocycles. The number of amides is 1. The summed E-state index contributed by atoms with van der Waals surface area (Å²) >= 11 is 0. The van der Waals surface area contributed by atoms with E-state index >= 15 is 0 Å². The van der Waals surface area contributed by atoms with Crippen LogP contribution in [-0.4, -0.2) is 51.7 Å². The molecular formula is C16H24N2O5S. The Hall–Kier alpha value is -1.80. The second-order valence-corrected chi connectivity index (χ2v) is 8.05. The molecule has 24 heavy (non-hydrogen) atoms. The molecule has 2 rings (SSSR count). The summed E-state index contributed by atoms with van der Waals surface area (Å²) in [5.41, 5.74) is 0.538. The highest BCUT2D eigenvalue weighted by atomic mass is 32.2. The van der Waals surface area contributed by atoms with Crippen molar-refractivity contribution in [3.05, 3.63) is 18.2 Å². The number of carbonyl (C=O) groups is 1. The van der Waals surface area contributed by atoms with Crippen LogP contribution >= 0.6 is 0 Å². The molecule has 0 bridgehead atoms. The zero-order valence-electron chi connectivity index (χ0n) is 14.2. The summed E-state index contributed by atoms with van der Waals surface area (Å²) in [6.45, 7) is -0.246. The second kappa shape index (κ2) is 7.85. The van der Waals surface area contributed by atoms with E-state index < -0.39 is 15.9 Å². The number of carbonyl (C=O) groups excluding carboxylic acids is 1. The minimum absolute atomic E-state index is 0.168. The molecule has 0 aromatic heterocycles. The average molecular weight is 356 g/mol. The van der Waals surface area contributed by atoms with Crippen molar-refractivity contribution in [3.63, 3.8) is 0 Å². The molecule has 0 heterocycles. The second-order valence-electron chi connectivity index (χ2n) is 5.96. The Labute approximate surface area is 143 Å². The fourth-order valence-corrected chi connectivity index (χ4v) is 2.90. The maximum absolute atomic E-state index is 12.0. The van der Waals surface area contributed by atoms with Crippen LogP contribution in [0.25, 0.3) is 0 Å². The molecule has 1 N–H and O–H groups in total. The van der Waals surface area contributed by atoms with Gasteiger partial charge in [0, 0.05) is 18.8 Å². The van der Waals surface area contributed by atoms with Crippen LogP contribution in [0.4, 0.5) is 5.69 Å². The van der Waals surface area contributed by atoms with Crippen molar-refractivity contribution in [2.45, 2.75) is 31.8 Å². The summed E-state index contributed by atoms with van der Waals surface area (Å²) in [7, 11) is -0.473. The first-order valence-corrected chi connectivity index (χ1v) is 9.70. The molecule has 1 saturated carbocycles. The minimum atomic E-state index is -3.40. The Morgan fingerprint density at radius 3 is 2.54 bits per heavy atom. The fourth-order valence-electron chi connectivity index (χ4n) is 2.55. The van der Waals surface area contributed by atoms with Gasteiger partial charge in [0.15, 0.2) is 11.5 Å². The van der Waals surface area contributed by atoms with Crippen molar-refractivity contribution >= 4 is 21.6 Å². The van der Waals surface area contributed by atoms with E-state index in [1.807, 2.05) is 0 Å². The van der Waals surface area contributed by atoms with Gasteiger partial charge in [0.2, 0.25) is 15.9 Å². The smallest absolute Gasteiger partial charge is 0.239 e. The Bertz CT molecular complexity index is 684. The van der Waals surface area contributed by atoms with E-state index in [2.05, 4.69) is 5.32 Å². The van der Waals surface area contributed by atoms with Gasteiger partial charge < -0.3 is 14.8 Å². The molecule has 0 unspecified atom stereocenters. The van der Waals surface area contributed by atoms with Gasteiger partial charge in [-0.05, 0) is 37.8 Å². The van der Waals surface area contributed by atoms with Gasteiger partial charge in [-0.25, -0.2) is 8.42 Å². The van der Waals surface area contributed by atoms with Crippen LogP contribution in [-0.2, 0) is 14.8 Å². The maximum atomic E-state index is 12.0. The van der Waals surface area contributed by atoms with Crippen LogP contribution in [0.15, 0.2) is 18.2 Å². The lowest BCUT2D eigenvalue weighted by Crippen LogP contribution is -2.34. The number of rotatable bonds is 7. The van der Waals surface area contributed by atoms with Crippen LogP contribution < -0.4 is 14.8 Å². The zero-order chi connectivity index (χ0) is 17.7. The molecule has 8 heteroatoms. The van der Waals surface area contributed by atoms with E-state index in [9.17, 15) is 13.2 Å². The topological polar surface area (TPSA) is 84.9 Å². The van der Waals surface area contributed by atoms with Crippen molar-refractivity contribution in [2.24, 2.45) is 0 Å². The summed E-state index contributed by atoms with van der Waals surface area (Å²) in [6, 6.07) is 5.12. The third-order valence-electron chi connectivity index (χ3n) is 3.98. The van der Waals surface area contributed by atoms with Gasteiger partial charge in [-0.3, -0.25) is 4.79 Å². The molecule has 0 aliphatic heterocycles. The largest absolute Gasteiger partial charge is 0.493 e. The first kappa shape index (κ1) is 18.5. The average Bonchev–Trinajstić information content (AvgIpc) is 2.99. The van der Waals surface area contributed by atoms with Crippen LogP contribution in [0, 0.1) is 0 Å². The molecule has 134 valence electrons. The van der Waals surface area contributed by atoms with Crippen LogP contribution in [0.3, 0.4) is 0 Å². The number of hydrogen-bond donors (Lipinski definition) is 1. The Balaban J connectivity index is 2.06. The normalized spacial score (nSPS) is 15.5. The minimum Gasteiger partial charge on any atom is -0.493 e. The summed E-state index contributed by atoms with van der Waals surface area (Å²) in [6.07, 6.45) is 5.56. The lowest BCUT2D eigenvalue weighted by atomic mass is 10.2. The number of nitrogens with zero attached hydrogens (tertiary/aromatic N) is 1. The maximum Gasteiger partial charge on any atom is 0.239 e. The highest BCUT2D eigenvalue weighted by Crippen LogP contribution is 2.33. The number of methoxy groups -OCH3 is 1. The lowest BCUT2D eigenvalue weighted by molar-refractivity contribution is -0.116. The van der Waals surface area contributed by atoms with Crippen molar-refractivity contribution in [3.8, 4) is 11.5 Å². The fraction of sp³-hybridized carbons (Fsp3) is 0.562. The Morgan fingerprint density at radius 1 is 1.29 bits per heavy atom. The molecular weight excluding hydrogens is 332 g/mol. The number of sulfonamides is 1. The van der Waals surface area contributed by atoms with Crippen LogP contribution in [0.5, 0.6) is 11.5 Å². The third kappa shape index (κ3) is 5.10. The summed E-state index contributed by atoms with van der Waals surface area (Å²) in [4.78, 5) is 12.0. The van der Waals surface area contributed by atoms with E-state index in [1.165, 1.54) is 7.05 Å². The molecule has 0 atom stereocenters. The number of likely N-dealkylation sites (N-methyl/N-ethyl adjacent to an activating group) is 1. The van der Waals surface area contributed by atoms with E-state index in [0.717, 1.165) is 36.2 Å². The monoisotopic (exact) mass is 356 g/mol. The molecule has 0 radical (unpaired) electrons. The van der Waals surface area contributed by atoms with Crippen LogP contribution in [0.2, 0.25) is 0 Å². The standard InChI is InChI=1S/C16H24N2O5S/c1-18(24(3,20)21)11-16(19)17-12-8-9-14(22-2)15(10-12)23-13-6-4-5-7-13/h8-10,13H,4-7,11H2,1-3H3,(H,17,19). The molecule has 1 fully saturated rings. The van der Waals surface area contributed by atoms with Crippen molar-refractivity contribution < 1.29 is 22.7 Å². The van der Waals surface area contributed by atoms with Crippen molar-refractivity contribution in [2.75, 3.05) is 32.3 Å². The molecule has 0 spiro atoms. The molecule has 1 aromatic carbocycles. The summed E-state index contributed by atoms with van der Waals surface area (Å²) in [5.74, 6) is 0.770. The summed E-state index contributed by atoms with van der Waals surface area (Å²) < 4.78 is 35.0. The Kier molecular flexibility index (Phi) is 6.06. The first-order chi connectivity index (χ1) is 11.3. The van der Waals surface area contributed by atoms with Crippen LogP contribution in [0.1, 0.15) is 25.7 Å². The van der Waals surface area contributed by atoms with Gasteiger partial charge >= 0.3 is 0 Å². The molecule has 1 aliphatic rings. The van der Waals surface area contributed by atoms with E-state index in [-0.39, 0.29) is 12.6 Å². The third-order valence-corrected chi connectivity index (χ3v) is 5.24. The molecule has 1 amide bonds. The van der Waals surface area contributed by atoms with Gasteiger partial charge in [-0.2, -0.15) is 4.31 Å². The zero-order valence-corrected chi connectivity index (χ0v) is 15.1. The number of nitrogens with one attached hydrogen (secondary N) is 1. The lowest BCUT2D eigenvalue weighted by Gasteiger charge is -2.18. The molecule has 1 aromatic rings.